The maximum Gasteiger partial charge on any atom is 0.336 e. The van der Waals surface area contributed by atoms with Crippen molar-refractivity contribution in [1.82, 2.24) is 0 Å². The van der Waals surface area contributed by atoms with Crippen molar-refractivity contribution in [2.24, 2.45) is 0 Å². The number of hydrogen-bond donors (Lipinski definition) is 0. The van der Waals surface area contributed by atoms with Crippen molar-refractivity contribution in [3.63, 3.8) is 0 Å². The molecule has 0 N–H and O–H groups in total. The van der Waals surface area contributed by atoms with E-state index in [1.54, 1.807) is 30.4 Å². The van der Waals surface area contributed by atoms with Crippen molar-refractivity contribution in [2.45, 2.75) is 6.92 Å². The quantitative estimate of drug-likeness (QED) is 0.323. The standard InChI is InChI=1S/C21H19NO4/c1-3-25-18-10-6-16(7-11-18)9-13-21(23)26-19-12-8-17(5-4-14-22)15-20(19)24-2/h4-13,15H,3H2,1-2H3/b5-4-,13-9+. The molecule has 0 aromatic heterocycles. The molecule has 132 valence electrons. The zero-order valence-corrected chi connectivity index (χ0v) is 14.6. The molecule has 0 saturated carbocycles. The first-order valence-corrected chi connectivity index (χ1v) is 8.03. The molecule has 2 aromatic rings. The monoisotopic (exact) mass is 349 g/mol. The van der Waals surface area contributed by atoms with Gasteiger partial charge in [0.25, 0.3) is 0 Å². The van der Waals surface area contributed by atoms with Crippen molar-refractivity contribution in [2.75, 3.05) is 13.7 Å². The van der Waals surface area contributed by atoms with Crippen LogP contribution in [-0.2, 0) is 4.79 Å². The van der Waals surface area contributed by atoms with E-state index in [1.165, 1.54) is 19.3 Å². The molecule has 0 amide bonds. The molecule has 0 spiro atoms. The van der Waals surface area contributed by atoms with E-state index in [0.29, 0.717) is 18.1 Å². The molecule has 0 aliphatic heterocycles. The van der Waals surface area contributed by atoms with Gasteiger partial charge in [0.05, 0.1) is 19.8 Å². The number of nitrogens with zero attached hydrogens (tertiary/aromatic N) is 1. The number of hydrogen-bond acceptors (Lipinski definition) is 5. The molecule has 0 aliphatic rings. The minimum absolute atomic E-state index is 0.308. The summed E-state index contributed by atoms with van der Waals surface area (Å²) in [6, 6.07) is 14.3. The van der Waals surface area contributed by atoms with Gasteiger partial charge in [-0.3, -0.25) is 0 Å². The number of methoxy groups -OCH3 is 1. The third-order valence-electron chi connectivity index (χ3n) is 3.35. The second-order valence-corrected chi connectivity index (χ2v) is 5.13. The van der Waals surface area contributed by atoms with Gasteiger partial charge in [-0.25, -0.2) is 4.79 Å². The van der Waals surface area contributed by atoms with Gasteiger partial charge < -0.3 is 14.2 Å². The average molecular weight is 349 g/mol. The molecular weight excluding hydrogens is 330 g/mol. The molecule has 0 fully saturated rings. The highest BCUT2D eigenvalue weighted by atomic mass is 16.6. The van der Waals surface area contributed by atoms with Crippen LogP contribution in [0.2, 0.25) is 0 Å². The van der Waals surface area contributed by atoms with Gasteiger partial charge in [-0.2, -0.15) is 5.26 Å². The minimum atomic E-state index is -0.516. The summed E-state index contributed by atoms with van der Waals surface area (Å²) in [6.45, 7) is 2.53. The summed E-state index contributed by atoms with van der Waals surface area (Å²) in [5, 5.41) is 8.57. The fraction of sp³-hybridized carbons (Fsp3) is 0.143. The minimum Gasteiger partial charge on any atom is -0.494 e. The van der Waals surface area contributed by atoms with Crippen molar-refractivity contribution < 1.29 is 19.0 Å². The topological polar surface area (TPSA) is 68.5 Å². The Labute approximate surface area is 152 Å². The molecule has 5 heteroatoms. The van der Waals surface area contributed by atoms with E-state index in [-0.39, 0.29) is 0 Å². The molecule has 2 rings (SSSR count). The summed E-state index contributed by atoms with van der Waals surface area (Å²) in [4.78, 5) is 12.0. The van der Waals surface area contributed by atoms with Crippen LogP contribution in [0, 0.1) is 11.3 Å². The van der Waals surface area contributed by atoms with Crippen LogP contribution >= 0.6 is 0 Å². The molecule has 0 unspecified atom stereocenters. The van der Waals surface area contributed by atoms with Gasteiger partial charge >= 0.3 is 5.97 Å². The molecule has 5 nitrogen and oxygen atoms in total. The number of carbonyl (C=O) groups excluding carboxylic acids is 1. The van der Waals surface area contributed by atoms with Crippen molar-refractivity contribution in [3.05, 3.63) is 65.7 Å². The summed E-state index contributed by atoms with van der Waals surface area (Å²) in [5.41, 5.74) is 1.63. The van der Waals surface area contributed by atoms with Crippen LogP contribution in [-0.4, -0.2) is 19.7 Å². The second-order valence-electron chi connectivity index (χ2n) is 5.13. The zero-order chi connectivity index (χ0) is 18.8. The third kappa shape index (κ3) is 5.53. The predicted octanol–water partition coefficient (Wildman–Crippen LogP) is 4.25. The Bertz CT molecular complexity index is 845. The largest absolute Gasteiger partial charge is 0.494 e. The third-order valence-corrected chi connectivity index (χ3v) is 3.35. The highest BCUT2D eigenvalue weighted by Crippen LogP contribution is 2.28. The maximum atomic E-state index is 12.0. The summed E-state index contributed by atoms with van der Waals surface area (Å²) < 4.78 is 15.9. The molecule has 0 heterocycles. The first-order valence-electron chi connectivity index (χ1n) is 8.03. The van der Waals surface area contributed by atoms with Crippen LogP contribution in [0.3, 0.4) is 0 Å². The SMILES string of the molecule is CCOc1ccc(/C=C/C(=O)Oc2ccc(/C=C\C#N)cc2OC)cc1. The Morgan fingerprint density at radius 3 is 2.46 bits per heavy atom. The Kier molecular flexibility index (Phi) is 7.02. The maximum absolute atomic E-state index is 12.0. The second kappa shape index (κ2) is 9.70. The van der Waals surface area contributed by atoms with E-state index >= 15 is 0 Å². The number of nitriles is 1. The van der Waals surface area contributed by atoms with Crippen LogP contribution in [0.5, 0.6) is 17.2 Å². The van der Waals surface area contributed by atoms with Crippen LogP contribution < -0.4 is 14.2 Å². The van der Waals surface area contributed by atoms with Gasteiger partial charge in [0, 0.05) is 12.2 Å². The summed E-state index contributed by atoms with van der Waals surface area (Å²) >= 11 is 0. The van der Waals surface area contributed by atoms with Gasteiger partial charge in [0.2, 0.25) is 0 Å². The highest BCUT2D eigenvalue weighted by Gasteiger charge is 2.08. The predicted molar refractivity (Wildman–Crippen MR) is 99.9 cm³/mol. The molecule has 2 aromatic carbocycles. The van der Waals surface area contributed by atoms with Crippen molar-refractivity contribution in [3.8, 4) is 23.3 Å². The molecule has 0 saturated heterocycles. The van der Waals surface area contributed by atoms with Crippen LogP contribution in [0.25, 0.3) is 12.2 Å². The van der Waals surface area contributed by atoms with Gasteiger partial charge in [0.15, 0.2) is 11.5 Å². The molecule has 0 aliphatic carbocycles. The van der Waals surface area contributed by atoms with E-state index in [2.05, 4.69) is 0 Å². The van der Waals surface area contributed by atoms with E-state index in [4.69, 9.17) is 19.5 Å². The normalized spacial score (nSPS) is 10.7. The van der Waals surface area contributed by atoms with Crippen LogP contribution in [0.4, 0.5) is 0 Å². The Hall–Kier alpha value is -3.52. The summed E-state index contributed by atoms with van der Waals surface area (Å²) in [7, 11) is 1.49. The lowest BCUT2D eigenvalue weighted by atomic mass is 10.2. The molecule has 0 radical (unpaired) electrons. The molecule has 26 heavy (non-hydrogen) atoms. The van der Waals surface area contributed by atoms with E-state index < -0.39 is 5.97 Å². The molecular formula is C21H19NO4. The number of allylic oxidation sites excluding steroid dienone is 1. The number of benzene rings is 2. The number of esters is 1. The van der Waals surface area contributed by atoms with E-state index in [1.807, 2.05) is 37.3 Å². The highest BCUT2D eigenvalue weighted by molar-refractivity contribution is 5.89. The van der Waals surface area contributed by atoms with Gasteiger partial charge in [-0.05, 0) is 54.5 Å². The number of rotatable bonds is 7. The first-order chi connectivity index (χ1) is 12.7. The lowest BCUT2D eigenvalue weighted by Crippen LogP contribution is -2.05. The van der Waals surface area contributed by atoms with Crippen LogP contribution in [0.1, 0.15) is 18.1 Å². The Morgan fingerprint density at radius 1 is 1.08 bits per heavy atom. The Balaban J connectivity index is 2.04. The van der Waals surface area contributed by atoms with E-state index in [9.17, 15) is 4.79 Å². The van der Waals surface area contributed by atoms with Crippen molar-refractivity contribution in [1.29, 1.82) is 5.26 Å². The van der Waals surface area contributed by atoms with Crippen molar-refractivity contribution >= 4 is 18.1 Å². The fourth-order valence-electron chi connectivity index (χ4n) is 2.15. The first kappa shape index (κ1) is 18.8. The van der Waals surface area contributed by atoms with Crippen LogP contribution in [0.15, 0.2) is 54.6 Å². The van der Waals surface area contributed by atoms with E-state index in [0.717, 1.165) is 16.9 Å². The zero-order valence-electron chi connectivity index (χ0n) is 14.6. The number of ether oxygens (including phenoxy) is 3. The van der Waals surface area contributed by atoms with Gasteiger partial charge in [-0.15, -0.1) is 0 Å². The number of carbonyl (C=O) groups is 1. The molecule has 0 atom stereocenters. The Morgan fingerprint density at radius 2 is 1.81 bits per heavy atom. The lowest BCUT2D eigenvalue weighted by Gasteiger charge is -2.08. The molecule has 0 bridgehead atoms. The lowest BCUT2D eigenvalue weighted by molar-refractivity contribution is -0.129. The van der Waals surface area contributed by atoms with Gasteiger partial charge in [0.1, 0.15) is 5.75 Å². The average Bonchev–Trinajstić information content (AvgIpc) is 2.67. The fourth-order valence-corrected chi connectivity index (χ4v) is 2.15. The van der Waals surface area contributed by atoms with Gasteiger partial charge in [-0.1, -0.05) is 18.2 Å². The smallest absolute Gasteiger partial charge is 0.336 e. The summed E-state index contributed by atoms with van der Waals surface area (Å²) in [5.74, 6) is 0.982. The summed E-state index contributed by atoms with van der Waals surface area (Å²) in [6.07, 6.45) is 6.01.